The summed E-state index contributed by atoms with van der Waals surface area (Å²) in [5.74, 6) is 3.90. The van der Waals surface area contributed by atoms with Crippen molar-refractivity contribution in [3.63, 3.8) is 0 Å². The first-order valence-corrected chi connectivity index (χ1v) is 6.81. The second-order valence-corrected chi connectivity index (χ2v) is 4.72. The van der Waals surface area contributed by atoms with Gasteiger partial charge >= 0.3 is 0 Å². The van der Waals surface area contributed by atoms with Gasteiger partial charge in [0.15, 0.2) is 0 Å². The molecule has 0 amide bonds. The van der Waals surface area contributed by atoms with E-state index in [2.05, 4.69) is 48.0 Å². The van der Waals surface area contributed by atoms with Gasteiger partial charge in [0.2, 0.25) is 0 Å². The molecule has 5 heteroatoms. The summed E-state index contributed by atoms with van der Waals surface area (Å²) in [6, 6.07) is 1.97. The number of imidazole rings is 1. The highest BCUT2D eigenvalue weighted by Gasteiger charge is 2.11. The summed E-state index contributed by atoms with van der Waals surface area (Å²) in [6.07, 6.45) is 4.63. The summed E-state index contributed by atoms with van der Waals surface area (Å²) in [5, 5.41) is 3.26. The first-order chi connectivity index (χ1) is 9.15. The summed E-state index contributed by atoms with van der Waals surface area (Å²) in [7, 11) is 0. The van der Waals surface area contributed by atoms with Crippen LogP contribution >= 0.6 is 0 Å². The molecule has 0 aliphatic carbocycles. The largest absolute Gasteiger partial charge is 0.370 e. The standard InChI is InChI=1S/C14H21N5/c1-5-12-16-7-8-19(12)13-9-11(15-6-2)17-14(18-13)10(3)4/h7-10H,5-6H2,1-4H3,(H,15,17,18). The zero-order valence-electron chi connectivity index (χ0n) is 12.0. The predicted octanol–water partition coefficient (Wildman–Crippen LogP) is 2.78. The van der Waals surface area contributed by atoms with Crippen LogP contribution in [0.15, 0.2) is 18.5 Å². The fourth-order valence-electron chi connectivity index (χ4n) is 1.91. The Morgan fingerprint density at radius 1 is 1.26 bits per heavy atom. The van der Waals surface area contributed by atoms with Crippen LogP contribution in [0.4, 0.5) is 5.82 Å². The molecule has 1 N–H and O–H groups in total. The van der Waals surface area contributed by atoms with Gasteiger partial charge in [-0.3, -0.25) is 4.57 Å². The van der Waals surface area contributed by atoms with Crippen LogP contribution in [0.1, 0.15) is 45.3 Å². The van der Waals surface area contributed by atoms with Gasteiger partial charge in [0.1, 0.15) is 23.3 Å². The molecule has 0 saturated carbocycles. The van der Waals surface area contributed by atoms with Crippen LogP contribution < -0.4 is 5.32 Å². The van der Waals surface area contributed by atoms with E-state index in [9.17, 15) is 0 Å². The molecule has 0 fully saturated rings. The van der Waals surface area contributed by atoms with E-state index in [1.54, 1.807) is 0 Å². The highest BCUT2D eigenvalue weighted by atomic mass is 15.2. The van der Waals surface area contributed by atoms with Crippen molar-refractivity contribution < 1.29 is 0 Å². The molecule has 2 aromatic heterocycles. The lowest BCUT2D eigenvalue weighted by molar-refractivity contribution is 0.755. The number of aryl methyl sites for hydroxylation is 1. The number of nitrogens with zero attached hydrogens (tertiary/aromatic N) is 4. The molecule has 0 radical (unpaired) electrons. The maximum Gasteiger partial charge on any atom is 0.143 e. The molecule has 0 unspecified atom stereocenters. The minimum atomic E-state index is 0.297. The van der Waals surface area contributed by atoms with Crippen molar-refractivity contribution in [2.75, 3.05) is 11.9 Å². The van der Waals surface area contributed by atoms with Crippen molar-refractivity contribution in [3.05, 3.63) is 30.1 Å². The third kappa shape index (κ3) is 2.92. The Morgan fingerprint density at radius 3 is 2.68 bits per heavy atom. The predicted molar refractivity (Wildman–Crippen MR) is 76.8 cm³/mol. The molecule has 0 atom stereocenters. The minimum Gasteiger partial charge on any atom is -0.370 e. The second kappa shape index (κ2) is 5.82. The zero-order valence-corrected chi connectivity index (χ0v) is 12.0. The Morgan fingerprint density at radius 2 is 2.05 bits per heavy atom. The zero-order chi connectivity index (χ0) is 13.8. The Kier molecular flexibility index (Phi) is 4.14. The molecule has 2 heterocycles. The number of hydrogen-bond donors (Lipinski definition) is 1. The average Bonchev–Trinajstić information content (AvgIpc) is 2.87. The lowest BCUT2D eigenvalue weighted by Crippen LogP contribution is -2.09. The molecular weight excluding hydrogens is 238 g/mol. The molecule has 0 aliphatic heterocycles. The Labute approximate surface area is 114 Å². The number of hydrogen-bond acceptors (Lipinski definition) is 4. The van der Waals surface area contributed by atoms with E-state index in [1.165, 1.54) is 0 Å². The van der Waals surface area contributed by atoms with Gasteiger partial charge in [0.05, 0.1) is 0 Å². The summed E-state index contributed by atoms with van der Waals surface area (Å²) in [4.78, 5) is 13.5. The third-order valence-electron chi connectivity index (χ3n) is 2.88. The maximum atomic E-state index is 4.64. The smallest absolute Gasteiger partial charge is 0.143 e. The molecule has 102 valence electrons. The molecular formula is C14H21N5. The van der Waals surface area contributed by atoms with Crippen LogP contribution in [0, 0.1) is 0 Å². The third-order valence-corrected chi connectivity index (χ3v) is 2.88. The Bertz CT molecular complexity index is 545. The highest BCUT2D eigenvalue weighted by molar-refractivity contribution is 5.42. The number of anilines is 1. The van der Waals surface area contributed by atoms with Gasteiger partial charge in [-0.2, -0.15) is 0 Å². The van der Waals surface area contributed by atoms with E-state index in [0.717, 1.165) is 36.3 Å². The van der Waals surface area contributed by atoms with Crippen molar-refractivity contribution in [1.82, 2.24) is 19.5 Å². The van der Waals surface area contributed by atoms with Crippen LogP contribution in [-0.4, -0.2) is 26.1 Å². The summed E-state index contributed by atoms with van der Waals surface area (Å²) >= 11 is 0. The monoisotopic (exact) mass is 259 g/mol. The highest BCUT2D eigenvalue weighted by Crippen LogP contribution is 2.17. The topological polar surface area (TPSA) is 55.6 Å². The van der Waals surface area contributed by atoms with Gasteiger partial charge < -0.3 is 5.32 Å². The van der Waals surface area contributed by atoms with E-state index in [0.29, 0.717) is 5.92 Å². The van der Waals surface area contributed by atoms with Crippen molar-refractivity contribution >= 4 is 5.82 Å². The fourth-order valence-corrected chi connectivity index (χ4v) is 1.91. The Balaban J connectivity index is 2.49. The van der Waals surface area contributed by atoms with Crippen LogP contribution in [0.5, 0.6) is 0 Å². The summed E-state index contributed by atoms with van der Waals surface area (Å²) in [5.41, 5.74) is 0. The van der Waals surface area contributed by atoms with E-state index >= 15 is 0 Å². The van der Waals surface area contributed by atoms with E-state index in [1.807, 2.05) is 23.0 Å². The van der Waals surface area contributed by atoms with Crippen LogP contribution in [-0.2, 0) is 6.42 Å². The van der Waals surface area contributed by atoms with Crippen LogP contribution in [0.3, 0.4) is 0 Å². The minimum absolute atomic E-state index is 0.297. The molecule has 0 bridgehead atoms. The number of nitrogens with one attached hydrogen (secondary N) is 1. The normalized spacial score (nSPS) is 11.0. The van der Waals surface area contributed by atoms with Gasteiger partial charge in [-0.05, 0) is 6.92 Å². The van der Waals surface area contributed by atoms with Gasteiger partial charge in [-0.15, -0.1) is 0 Å². The van der Waals surface area contributed by atoms with Crippen LogP contribution in [0.25, 0.3) is 5.82 Å². The molecule has 2 aromatic rings. The summed E-state index contributed by atoms with van der Waals surface area (Å²) < 4.78 is 2.02. The maximum absolute atomic E-state index is 4.64. The molecule has 0 aromatic carbocycles. The summed E-state index contributed by atoms with van der Waals surface area (Å²) in [6.45, 7) is 9.20. The fraction of sp³-hybridized carbons (Fsp3) is 0.500. The van der Waals surface area contributed by atoms with Crippen LogP contribution in [0.2, 0.25) is 0 Å². The first kappa shape index (κ1) is 13.5. The van der Waals surface area contributed by atoms with Gasteiger partial charge in [-0.1, -0.05) is 20.8 Å². The average molecular weight is 259 g/mol. The first-order valence-electron chi connectivity index (χ1n) is 6.81. The number of aromatic nitrogens is 4. The Hall–Kier alpha value is -1.91. The van der Waals surface area contributed by atoms with Gasteiger partial charge in [0, 0.05) is 37.3 Å². The lowest BCUT2D eigenvalue weighted by atomic mass is 10.2. The van der Waals surface area contributed by atoms with Gasteiger partial charge in [-0.25, -0.2) is 15.0 Å². The van der Waals surface area contributed by atoms with Crippen molar-refractivity contribution in [2.45, 2.75) is 40.0 Å². The van der Waals surface area contributed by atoms with E-state index in [4.69, 9.17) is 0 Å². The molecule has 2 rings (SSSR count). The SMILES string of the molecule is CCNc1cc(-n2ccnc2CC)nc(C(C)C)n1. The quantitative estimate of drug-likeness (QED) is 0.897. The molecule has 0 saturated heterocycles. The van der Waals surface area contributed by atoms with Crippen molar-refractivity contribution in [3.8, 4) is 5.82 Å². The van der Waals surface area contributed by atoms with E-state index in [-0.39, 0.29) is 0 Å². The number of rotatable bonds is 5. The molecule has 0 spiro atoms. The van der Waals surface area contributed by atoms with Gasteiger partial charge in [0.25, 0.3) is 0 Å². The van der Waals surface area contributed by atoms with E-state index < -0.39 is 0 Å². The lowest BCUT2D eigenvalue weighted by Gasteiger charge is -2.12. The second-order valence-electron chi connectivity index (χ2n) is 4.72. The van der Waals surface area contributed by atoms with Crippen molar-refractivity contribution in [2.24, 2.45) is 0 Å². The molecule has 19 heavy (non-hydrogen) atoms. The molecule has 0 aliphatic rings. The molecule has 5 nitrogen and oxygen atoms in total. The van der Waals surface area contributed by atoms with Crippen molar-refractivity contribution in [1.29, 1.82) is 0 Å².